The van der Waals surface area contributed by atoms with Crippen molar-refractivity contribution < 1.29 is 0 Å². The van der Waals surface area contributed by atoms with Gasteiger partial charge in [-0.2, -0.15) is 0 Å². The first-order valence-corrected chi connectivity index (χ1v) is 8.03. The van der Waals surface area contributed by atoms with Crippen LogP contribution in [0.3, 0.4) is 0 Å². The molecule has 0 unspecified atom stereocenters. The van der Waals surface area contributed by atoms with Gasteiger partial charge in [-0.3, -0.25) is 0 Å². The van der Waals surface area contributed by atoms with E-state index in [1.54, 1.807) is 0 Å². The molecule has 0 amide bonds. The first-order chi connectivity index (χ1) is 7.86. The lowest BCUT2D eigenvalue weighted by atomic mass is 10.0. The zero-order chi connectivity index (χ0) is 11.6. The van der Waals surface area contributed by atoms with E-state index in [0.717, 1.165) is 0 Å². The highest BCUT2D eigenvalue weighted by Gasteiger charge is 1.95. The Labute approximate surface area is 114 Å². The third-order valence-electron chi connectivity index (χ3n) is 2.98. The number of aryl methyl sites for hydroxylation is 2. The number of hydrogen-bond acceptors (Lipinski definition) is 0. The highest BCUT2D eigenvalue weighted by Crippen LogP contribution is 2.11. The molecule has 0 saturated carbocycles. The molecule has 90 valence electrons. The van der Waals surface area contributed by atoms with E-state index >= 15 is 0 Å². The van der Waals surface area contributed by atoms with Crippen molar-refractivity contribution in [3.05, 3.63) is 35.4 Å². The van der Waals surface area contributed by atoms with Crippen LogP contribution in [0.5, 0.6) is 0 Å². The fraction of sp³-hybridized carbons (Fsp3) is 0.600. The minimum Gasteiger partial charge on any atom is -0.0860 e. The lowest BCUT2D eigenvalue weighted by molar-refractivity contribution is 0.632. The summed E-state index contributed by atoms with van der Waals surface area (Å²) < 4.78 is 1.22. The smallest absolute Gasteiger partial charge is 0.00358 e. The molecule has 0 saturated heterocycles. The molecule has 0 bridgehead atoms. The lowest BCUT2D eigenvalue weighted by Crippen LogP contribution is -1.89. The van der Waals surface area contributed by atoms with Gasteiger partial charge in [0.15, 0.2) is 0 Å². The van der Waals surface area contributed by atoms with Gasteiger partial charge in [0.1, 0.15) is 0 Å². The van der Waals surface area contributed by atoms with Gasteiger partial charge in [-0.15, -0.1) is 0 Å². The Bertz CT molecular complexity index is 263. The fourth-order valence-electron chi connectivity index (χ4n) is 1.91. The van der Waals surface area contributed by atoms with Crippen molar-refractivity contribution in [2.75, 3.05) is 4.43 Å². The average Bonchev–Trinajstić information content (AvgIpc) is 2.31. The molecule has 0 spiro atoms. The SMILES string of the molecule is CCCCCCCc1ccc(CCI)cc1. The fourth-order valence-corrected chi connectivity index (χ4v) is 2.54. The largest absolute Gasteiger partial charge is 0.0860 e. The Kier molecular flexibility index (Phi) is 7.91. The summed E-state index contributed by atoms with van der Waals surface area (Å²) in [7, 11) is 0. The van der Waals surface area contributed by atoms with Crippen LogP contribution in [0.4, 0.5) is 0 Å². The third kappa shape index (κ3) is 5.88. The number of benzene rings is 1. The molecule has 1 aromatic rings. The normalized spacial score (nSPS) is 10.6. The van der Waals surface area contributed by atoms with Crippen LogP contribution in [0, 0.1) is 0 Å². The van der Waals surface area contributed by atoms with Crippen LogP contribution in [0.15, 0.2) is 24.3 Å². The maximum Gasteiger partial charge on any atom is 0.00358 e. The van der Waals surface area contributed by atoms with Crippen LogP contribution in [-0.2, 0) is 12.8 Å². The standard InChI is InChI=1S/C15H23I/c1-2-3-4-5-6-7-14-8-10-15(11-9-14)12-13-16/h8-11H,2-7,12-13H2,1H3. The Morgan fingerprint density at radius 3 is 1.94 bits per heavy atom. The summed E-state index contributed by atoms with van der Waals surface area (Å²) in [6, 6.07) is 9.20. The maximum atomic E-state index is 2.43. The maximum absolute atomic E-state index is 2.43. The summed E-state index contributed by atoms with van der Waals surface area (Å²) in [5.41, 5.74) is 2.98. The summed E-state index contributed by atoms with van der Waals surface area (Å²) in [5, 5.41) is 0. The predicted molar refractivity (Wildman–Crippen MR) is 81.5 cm³/mol. The van der Waals surface area contributed by atoms with Gasteiger partial charge in [0.2, 0.25) is 0 Å². The van der Waals surface area contributed by atoms with Crippen LogP contribution in [0.25, 0.3) is 0 Å². The van der Waals surface area contributed by atoms with Crippen LogP contribution < -0.4 is 0 Å². The highest BCUT2D eigenvalue weighted by molar-refractivity contribution is 14.1. The van der Waals surface area contributed by atoms with Crippen LogP contribution in [0.2, 0.25) is 0 Å². The predicted octanol–water partition coefficient (Wildman–Crippen LogP) is 5.18. The van der Waals surface area contributed by atoms with E-state index in [2.05, 4.69) is 53.8 Å². The van der Waals surface area contributed by atoms with Gasteiger partial charge < -0.3 is 0 Å². The molecule has 16 heavy (non-hydrogen) atoms. The van der Waals surface area contributed by atoms with Crippen molar-refractivity contribution >= 4 is 22.6 Å². The van der Waals surface area contributed by atoms with Crippen molar-refractivity contribution in [3.8, 4) is 0 Å². The van der Waals surface area contributed by atoms with Gasteiger partial charge in [0.05, 0.1) is 0 Å². The number of halogens is 1. The van der Waals surface area contributed by atoms with Gasteiger partial charge in [0.25, 0.3) is 0 Å². The number of alkyl halides is 1. The van der Waals surface area contributed by atoms with E-state index in [0.29, 0.717) is 0 Å². The molecule has 1 heteroatoms. The second-order valence-corrected chi connectivity index (χ2v) is 5.50. The van der Waals surface area contributed by atoms with E-state index in [9.17, 15) is 0 Å². The van der Waals surface area contributed by atoms with E-state index < -0.39 is 0 Å². The Hall–Kier alpha value is -0.0500. The van der Waals surface area contributed by atoms with E-state index in [4.69, 9.17) is 0 Å². The molecule has 0 radical (unpaired) electrons. The number of unbranched alkanes of at least 4 members (excludes halogenated alkanes) is 4. The lowest BCUT2D eigenvalue weighted by Gasteiger charge is -2.03. The molecule has 0 nitrogen and oxygen atoms in total. The van der Waals surface area contributed by atoms with Gasteiger partial charge in [-0.1, -0.05) is 79.5 Å². The second kappa shape index (κ2) is 9.03. The van der Waals surface area contributed by atoms with Crippen molar-refractivity contribution in [1.82, 2.24) is 0 Å². The molecule has 1 rings (SSSR count). The van der Waals surface area contributed by atoms with Crippen molar-refractivity contribution in [2.24, 2.45) is 0 Å². The van der Waals surface area contributed by atoms with Gasteiger partial charge in [0, 0.05) is 4.43 Å². The average molecular weight is 330 g/mol. The number of rotatable bonds is 8. The Balaban J connectivity index is 2.21. The minimum absolute atomic E-state index is 1.21. The van der Waals surface area contributed by atoms with Gasteiger partial charge in [-0.05, 0) is 30.4 Å². The van der Waals surface area contributed by atoms with Gasteiger partial charge >= 0.3 is 0 Å². The quantitative estimate of drug-likeness (QED) is 0.350. The molecular formula is C15H23I. The van der Waals surface area contributed by atoms with E-state index in [1.807, 2.05) is 0 Å². The molecule has 0 N–H and O–H groups in total. The Morgan fingerprint density at radius 2 is 1.38 bits per heavy atom. The zero-order valence-corrected chi connectivity index (χ0v) is 12.5. The molecule has 0 aliphatic heterocycles. The molecule has 1 aromatic carbocycles. The van der Waals surface area contributed by atoms with Crippen LogP contribution in [0.1, 0.15) is 50.2 Å². The van der Waals surface area contributed by atoms with Crippen LogP contribution >= 0.6 is 22.6 Å². The topological polar surface area (TPSA) is 0 Å². The van der Waals surface area contributed by atoms with Crippen molar-refractivity contribution in [3.63, 3.8) is 0 Å². The summed E-state index contributed by atoms with van der Waals surface area (Å²) in [6.07, 6.45) is 9.35. The zero-order valence-electron chi connectivity index (χ0n) is 10.3. The molecule has 0 atom stereocenters. The summed E-state index contributed by atoms with van der Waals surface area (Å²) in [6.45, 7) is 2.27. The summed E-state index contributed by atoms with van der Waals surface area (Å²) in [5.74, 6) is 0. The summed E-state index contributed by atoms with van der Waals surface area (Å²) >= 11 is 2.43. The van der Waals surface area contributed by atoms with Crippen LogP contribution in [-0.4, -0.2) is 4.43 Å². The second-order valence-electron chi connectivity index (χ2n) is 4.42. The molecule has 0 heterocycles. The molecule has 0 fully saturated rings. The molecular weight excluding hydrogens is 307 g/mol. The van der Waals surface area contributed by atoms with E-state index in [-0.39, 0.29) is 0 Å². The molecule has 0 aliphatic rings. The number of hydrogen-bond donors (Lipinski definition) is 0. The third-order valence-corrected chi connectivity index (χ3v) is 3.51. The minimum atomic E-state index is 1.21. The van der Waals surface area contributed by atoms with Gasteiger partial charge in [-0.25, -0.2) is 0 Å². The molecule has 0 aromatic heterocycles. The first-order valence-electron chi connectivity index (χ1n) is 6.50. The summed E-state index contributed by atoms with van der Waals surface area (Å²) in [4.78, 5) is 0. The first kappa shape index (κ1) is 14.0. The Morgan fingerprint density at radius 1 is 0.812 bits per heavy atom. The van der Waals surface area contributed by atoms with Crippen molar-refractivity contribution in [1.29, 1.82) is 0 Å². The molecule has 0 aliphatic carbocycles. The highest BCUT2D eigenvalue weighted by atomic mass is 127. The van der Waals surface area contributed by atoms with E-state index in [1.165, 1.54) is 60.5 Å². The van der Waals surface area contributed by atoms with Crippen molar-refractivity contribution in [2.45, 2.75) is 51.9 Å². The monoisotopic (exact) mass is 330 g/mol.